The van der Waals surface area contributed by atoms with Crippen LogP contribution in [-0.4, -0.2) is 30.2 Å². The average molecular weight is 223 g/mol. The molecule has 0 amide bonds. The normalized spacial score (nSPS) is 14.5. The second-order valence-corrected chi connectivity index (χ2v) is 3.09. The first-order valence-corrected chi connectivity index (χ1v) is 4.65. The van der Waals surface area contributed by atoms with E-state index in [1.54, 1.807) is 20.2 Å². The highest BCUT2D eigenvalue weighted by atomic mass is 35.5. The molecule has 0 aromatic heterocycles. The van der Waals surface area contributed by atoms with Gasteiger partial charge in [0.2, 0.25) is 0 Å². The molecular formula is C8H16ClFN4. The molecule has 0 fully saturated rings. The van der Waals surface area contributed by atoms with E-state index in [9.17, 15) is 4.39 Å². The molecular weight excluding hydrogens is 207 g/mol. The summed E-state index contributed by atoms with van der Waals surface area (Å²) in [4.78, 5) is 0. The minimum Gasteiger partial charge on any atom is -0.362 e. The number of hydrogen-bond acceptors (Lipinski definition) is 4. The van der Waals surface area contributed by atoms with E-state index in [-0.39, 0.29) is 0 Å². The highest BCUT2D eigenvalue weighted by molar-refractivity contribution is 6.20. The molecule has 0 heterocycles. The van der Waals surface area contributed by atoms with Crippen LogP contribution < -0.4 is 10.7 Å². The van der Waals surface area contributed by atoms with Crippen molar-refractivity contribution in [2.24, 2.45) is 5.10 Å². The second kappa shape index (κ2) is 7.58. The number of hydrogen-bond donors (Lipinski definition) is 2. The lowest BCUT2D eigenvalue weighted by atomic mass is 10.5. The zero-order valence-corrected chi connectivity index (χ0v) is 9.35. The summed E-state index contributed by atoms with van der Waals surface area (Å²) in [6.45, 7) is 2.90. The minimum atomic E-state index is -0.568. The third-order valence-corrected chi connectivity index (χ3v) is 1.45. The molecule has 0 aliphatic rings. The van der Waals surface area contributed by atoms with E-state index in [1.807, 2.05) is 13.0 Å². The van der Waals surface area contributed by atoms with Gasteiger partial charge in [-0.15, -0.1) is 0 Å². The SMILES string of the molecule is C/C=C/NC(Cl)NN(C)/N=C(\C)CF. The summed E-state index contributed by atoms with van der Waals surface area (Å²) in [5.41, 5.74) is 2.67. The van der Waals surface area contributed by atoms with Gasteiger partial charge in [-0.3, -0.25) is 0 Å². The summed E-state index contributed by atoms with van der Waals surface area (Å²) in [6.07, 6.45) is 3.51. The Kier molecular flexibility index (Phi) is 7.14. The number of alkyl halides is 2. The fourth-order valence-corrected chi connectivity index (χ4v) is 0.908. The number of nitrogens with one attached hydrogen (secondary N) is 2. The Morgan fingerprint density at radius 1 is 1.71 bits per heavy atom. The maximum Gasteiger partial charge on any atom is 0.172 e. The summed E-state index contributed by atoms with van der Waals surface area (Å²) < 4.78 is 12.0. The summed E-state index contributed by atoms with van der Waals surface area (Å²) in [5.74, 6) is 0. The molecule has 1 unspecified atom stereocenters. The molecule has 2 N–H and O–H groups in total. The number of allylic oxidation sites excluding steroid dienone is 1. The largest absolute Gasteiger partial charge is 0.362 e. The van der Waals surface area contributed by atoms with Gasteiger partial charge in [0.1, 0.15) is 6.67 Å². The van der Waals surface area contributed by atoms with Crippen molar-refractivity contribution in [3.05, 3.63) is 12.3 Å². The maximum absolute atomic E-state index is 12.0. The summed E-state index contributed by atoms with van der Waals surface area (Å²) in [7, 11) is 1.64. The topological polar surface area (TPSA) is 39.7 Å². The third kappa shape index (κ3) is 6.68. The van der Waals surface area contributed by atoms with Crippen molar-refractivity contribution < 1.29 is 4.39 Å². The number of hydrazine groups is 1. The van der Waals surface area contributed by atoms with Gasteiger partial charge in [0.15, 0.2) is 5.62 Å². The van der Waals surface area contributed by atoms with Crippen LogP contribution in [0.1, 0.15) is 13.8 Å². The summed E-state index contributed by atoms with van der Waals surface area (Å²) in [6, 6.07) is 0. The Labute approximate surface area is 88.8 Å². The molecule has 0 aliphatic carbocycles. The molecule has 4 nitrogen and oxygen atoms in total. The number of rotatable bonds is 6. The monoisotopic (exact) mass is 222 g/mol. The van der Waals surface area contributed by atoms with Gasteiger partial charge >= 0.3 is 0 Å². The quantitative estimate of drug-likeness (QED) is 0.235. The van der Waals surface area contributed by atoms with Gasteiger partial charge in [-0.2, -0.15) is 10.5 Å². The van der Waals surface area contributed by atoms with E-state index >= 15 is 0 Å². The van der Waals surface area contributed by atoms with Crippen molar-refractivity contribution in [2.75, 3.05) is 13.7 Å². The van der Waals surface area contributed by atoms with Gasteiger partial charge in [0, 0.05) is 7.05 Å². The van der Waals surface area contributed by atoms with Crippen molar-refractivity contribution >= 4 is 17.3 Å². The first-order chi connectivity index (χ1) is 6.60. The predicted octanol–water partition coefficient (Wildman–Crippen LogP) is 1.41. The Morgan fingerprint density at radius 3 is 2.86 bits per heavy atom. The van der Waals surface area contributed by atoms with Crippen LogP contribution in [0, 0.1) is 0 Å². The lowest BCUT2D eigenvalue weighted by Gasteiger charge is -2.19. The molecule has 0 saturated carbocycles. The van der Waals surface area contributed by atoms with Crippen LogP contribution in [0.3, 0.4) is 0 Å². The summed E-state index contributed by atoms with van der Waals surface area (Å²) >= 11 is 5.80. The highest BCUT2D eigenvalue weighted by Gasteiger charge is 2.02. The smallest absolute Gasteiger partial charge is 0.172 e. The average Bonchev–Trinajstić information content (AvgIpc) is 2.14. The van der Waals surface area contributed by atoms with Gasteiger partial charge in [-0.1, -0.05) is 17.7 Å². The van der Waals surface area contributed by atoms with Crippen molar-refractivity contribution in [1.29, 1.82) is 0 Å². The molecule has 0 bridgehead atoms. The fraction of sp³-hybridized carbons (Fsp3) is 0.625. The lowest BCUT2D eigenvalue weighted by Crippen LogP contribution is -2.43. The van der Waals surface area contributed by atoms with Gasteiger partial charge in [-0.05, 0) is 20.0 Å². The molecule has 0 aromatic carbocycles. The molecule has 0 spiro atoms. The minimum absolute atomic E-state index is 0.384. The Morgan fingerprint density at radius 2 is 2.36 bits per heavy atom. The van der Waals surface area contributed by atoms with Crippen LogP contribution in [-0.2, 0) is 0 Å². The van der Waals surface area contributed by atoms with Crippen molar-refractivity contribution in [2.45, 2.75) is 19.5 Å². The standard InChI is InChI=1S/C8H16ClFN4/c1-4-5-11-8(9)13-14(3)12-7(2)6-10/h4-5,8,11,13H,6H2,1-3H3/b5-4+,12-7+. The lowest BCUT2D eigenvalue weighted by molar-refractivity contribution is 0.227. The van der Waals surface area contributed by atoms with Crippen molar-refractivity contribution in [3.8, 4) is 0 Å². The van der Waals surface area contributed by atoms with Crippen LogP contribution >= 0.6 is 11.6 Å². The van der Waals surface area contributed by atoms with E-state index in [0.717, 1.165) is 0 Å². The van der Waals surface area contributed by atoms with E-state index < -0.39 is 12.3 Å². The number of halogens is 2. The second-order valence-electron chi connectivity index (χ2n) is 2.65. The molecule has 1 atom stereocenters. The van der Waals surface area contributed by atoms with E-state index in [1.165, 1.54) is 5.12 Å². The third-order valence-electron chi connectivity index (χ3n) is 1.22. The molecule has 0 rings (SSSR count). The number of hydrazone groups is 1. The highest BCUT2D eigenvalue weighted by Crippen LogP contribution is 1.89. The fourth-order valence-electron chi connectivity index (χ4n) is 0.694. The molecule has 0 aromatic rings. The van der Waals surface area contributed by atoms with E-state index in [2.05, 4.69) is 15.8 Å². The predicted molar refractivity (Wildman–Crippen MR) is 57.6 cm³/mol. The molecule has 0 aliphatic heterocycles. The Balaban J connectivity index is 3.87. The molecule has 82 valence electrons. The van der Waals surface area contributed by atoms with Crippen molar-refractivity contribution in [1.82, 2.24) is 15.9 Å². The van der Waals surface area contributed by atoms with Gasteiger partial charge in [0.25, 0.3) is 0 Å². The first kappa shape index (κ1) is 13.2. The van der Waals surface area contributed by atoms with Gasteiger partial charge < -0.3 is 5.32 Å². The Hall–Kier alpha value is -0.810. The van der Waals surface area contributed by atoms with Crippen LogP contribution in [0.5, 0.6) is 0 Å². The van der Waals surface area contributed by atoms with E-state index in [0.29, 0.717) is 5.71 Å². The molecule has 6 heteroatoms. The molecule has 14 heavy (non-hydrogen) atoms. The van der Waals surface area contributed by atoms with Crippen LogP contribution in [0.25, 0.3) is 0 Å². The van der Waals surface area contributed by atoms with Gasteiger partial charge in [0.05, 0.1) is 5.71 Å². The zero-order chi connectivity index (χ0) is 11.0. The van der Waals surface area contributed by atoms with Crippen LogP contribution in [0.2, 0.25) is 0 Å². The van der Waals surface area contributed by atoms with Crippen LogP contribution in [0.15, 0.2) is 17.4 Å². The van der Waals surface area contributed by atoms with Crippen LogP contribution in [0.4, 0.5) is 4.39 Å². The summed E-state index contributed by atoms with van der Waals surface area (Å²) in [5, 5.41) is 8.05. The molecule has 0 saturated heterocycles. The number of nitrogens with zero attached hydrogens (tertiary/aromatic N) is 2. The zero-order valence-electron chi connectivity index (χ0n) is 8.59. The van der Waals surface area contributed by atoms with Gasteiger partial charge in [-0.25, -0.2) is 9.51 Å². The maximum atomic E-state index is 12.0. The molecule has 0 radical (unpaired) electrons. The first-order valence-electron chi connectivity index (χ1n) is 4.21. The van der Waals surface area contributed by atoms with E-state index in [4.69, 9.17) is 11.6 Å². The van der Waals surface area contributed by atoms with Crippen molar-refractivity contribution in [3.63, 3.8) is 0 Å². The Bertz CT molecular complexity index is 208.